The van der Waals surface area contributed by atoms with Crippen LogP contribution in [0.4, 0.5) is 0 Å². The minimum absolute atomic E-state index is 0.207. The van der Waals surface area contributed by atoms with E-state index in [9.17, 15) is 4.79 Å². The summed E-state index contributed by atoms with van der Waals surface area (Å²) in [5.74, 6) is 2.35. The van der Waals surface area contributed by atoms with Crippen LogP contribution in [0.25, 0.3) is 0 Å². The maximum absolute atomic E-state index is 10.3. The van der Waals surface area contributed by atoms with Crippen molar-refractivity contribution in [3.8, 4) is 12.3 Å². The lowest BCUT2D eigenvalue weighted by molar-refractivity contribution is -0.141. The summed E-state index contributed by atoms with van der Waals surface area (Å²) in [6.45, 7) is 1.95. The zero-order valence-electron chi connectivity index (χ0n) is 6.93. The van der Waals surface area contributed by atoms with Crippen molar-refractivity contribution in [1.82, 2.24) is 0 Å². The topological polar surface area (TPSA) is 26.3 Å². The molecule has 0 radical (unpaired) electrons. The summed E-state index contributed by atoms with van der Waals surface area (Å²) in [5.41, 5.74) is 0. The Balaban J connectivity index is 2.92. The molecule has 11 heavy (non-hydrogen) atoms. The first-order valence-corrected chi connectivity index (χ1v) is 3.84. The van der Waals surface area contributed by atoms with Gasteiger partial charge in [-0.25, -0.2) is 0 Å². The first-order valence-electron chi connectivity index (χ1n) is 3.84. The summed E-state index contributed by atoms with van der Waals surface area (Å²) in [4.78, 5) is 10.3. The van der Waals surface area contributed by atoms with E-state index in [1.807, 2.05) is 0 Å². The number of ether oxygens (including phenoxy) is 1. The molecule has 0 fully saturated rings. The van der Waals surface area contributed by atoms with Crippen LogP contribution in [0.3, 0.4) is 0 Å². The van der Waals surface area contributed by atoms with E-state index in [0.717, 1.165) is 25.7 Å². The molecular formula is C9H14O2. The summed E-state index contributed by atoms with van der Waals surface area (Å²) in [5, 5.41) is 0. The standard InChI is InChI=1S/C9H14O2/c1-3-4-5-6-7-8-11-9(2)10/h1H,4-8H2,2H3. The molecule has 0 unspecified atom stereocenters. The summed E-state index contributed by atoms with van der Waals surface area (Å²) in [7, 11) is 0. The average molecular weight is 154 g/mol. The first kappa shape index (κ1) is 10.0. The molecule has 62 valence electrons. The van der Waals surface area contributed by atoms with Gasteiger partial charge in [-0.3, -0.25) is 4.79 Å². The molecular weight excluding hydrogens is 140 g/mol. The normalized spacial score (nSPS) is 8.73. The Labute approximate surface area is 67.9 Å². The third kappa shape index (κ3) is 9.03. The third-order valence-corrected chi connectivity index (χ3v) is 1.27. The molecule has 0 spiro atoms. The fraction of sp³-hybridized carbons (Fsp3) is 0.667. The lowest BCUT2D eigenvalue weighted by atomic mass is 10.2. The van der Waals surface area contributed by atoms with E-state index in [4.69, 9.17) is 11.2 Å². The first-order chi connectivity index (χ1) is 5.27. The van der Waals surface area contributed by atoms with E-state index >= 15 is 0 Å². The molecule has 0 aromatic carbocycles. The molecule has 0 aromatic rings. The van der Waals surface area contributed by atoms with Crippen molar-refractivity contribution in [1.29, 1.82) is 0 Å². The molecule has 0 amide bonds. The van der Waals surface area contributed by atoms with Gasteiger partial charge in [-0.1, -0.05) is 0 Å². The predicted molar refractivity (Wildman–Crippen MR) is 43.9 cm³/mol. The van der Waals surface area contributed by atoms with Gasteiger partial charge in [-0.2, -0.15) is 0 Å². The Kier molecular flexibility index (Phi) is 6.51. The number of hydrogen-bond donors (Lipinski definition) is 0. The van der Waals surface area contributed by atoms with E-state index < -0.39 is 0 Å². The van der Waals surface area contributed by atoms with Crippen molar-refractivity contribution in [2.24, 2.45) is 0 Å². The maximum atomic E-state index is 10.3. The van der Waals surface area contributed by atoms with Gasteiger partial charge in [0.1, 0.15) is 0 Å². The summed E-state index contributed by atoms with van der Waals surface area (Å²) < 4.78 is 4.73. The Morgan fingerprint density at radius 3 is 2.73 bits per heavy atom. The molecule has 0 atom stereocenters. The molecule has 0 saturated heterocycles. The van der Waals surface area contributed by atoms with Gasteiger partial charge in [0.15, 0.2) is 0 Å². The van der Waals surface area contributed by atoms with Crippen LogP contribution in [0.2, 0.25) is 0 Å². The van der Waals surface area contributed by atoms with Crippen LogP contribution in [0.5, 0.6) is 0 Å². The molecule has 2 nitrogen and oxygen atoms in total. The Morgan fingerprint density at radius 2 is 2.18 bits per heavy atom. The molecule has 0 saturated carbocycles. The van der Waals surface area contributed by atoms with Crippen LogP contribution in [0, 0.1) is 12.3 Å². The third-order valence-electron chi connectivity index (χ3n) is 1.27. The molecule has 0 aliphatic heterocycles. The molecule has 0 aromatic heterocycles. The second-order valence-corrected chi connectivity index (χ2v) is 2.35. The highest BCUT2D eigenvalue weighted by molar-refractivity contribution is 5.65. The lowest BCUT2D eigenvalue weighted by Crippen LogP contribution is -1.99. The Bertz CT molecular complexity index is 144. The van der Waals surface area contributed by atoms with Crippen LogP contribution in [0.15, 0.2) is 0 Å². The van der Waals surface area contributed by atoms with Crippen LogP contribution in [0.1, 0.15) is 32.6 Å². The van der Waals surface area contributed by atoms with Crippen molar-refractivity contribution >= 4 is 5.97 Å². The highest BCUT2D eigenvalue weighted by Crippen LogP contribution is 1.98. The number of carbonyl (C=O) groups is 1. The maximum Gasteiger partial charge on any atom is 0.302 e. The number of hydrogen-bond acceptors (Lipinski definition) is 2. The van der Waals surface area contributed by atoms with E-state index in [1.165, 1.54) is 6.92 Å². The highest BCUT2D eigenvalue weighted by atomic mass is 16.5. The second kappa shape index (κ2) is 7.14. The number of carbonyl (C=O) groups excluding carboxylic acids is 1. The van der Waals surface area contributed by atoms with Crippen molar-refractivity contribution < 1.29 is 9.53 Å². The number of rotatable bonds is 5. The summed E-state index contributed by atoms with van der Waals surface area (Å²) >= 11 is 0. The quantitative estimate of drug-likeness (QED) is 0.342. The minimum Gasteiger partial charge on any atom is -0.466 e. The molecule has 2 heteroatoms. The minimum atomic E-state index is -0.207. The average Bonchev–Trinajstić information content (AvgIpc) is 1.96. The molecule has 0 rings (SSSR count). The van der Waals surface area contributed by atoms with Gasteiger partial charge in [0.05, 0.1) is 6.61 Å². The molecule has 0 aliphatic carbocycles. The van der Waals surface area contributed by atoms with Crippen LogP contribution >= 0.6 is 0 Å². The van der Waals surface area contributed by atoms with E-state index in [0.29, 0.717) is 6.61 Å². The molecule has 0 bridgehead atoms. The van der Waals surface area contributed by atoms with Crippen LogP contribution in [-0.4, -0.2) is 12.6 Å². The predicted octanol–water partition coefficient (Wildman–Crippen LogP) is 1.74. The van der Waals surface area contributed by atoms with E-state index in [1.54, 1.807) is 0 Å². The van der Waals surface area contributed by atoms with Gasteiger partial charge in [-0.05, 0) is 19.3 Å². The zero-order chi connectivity index (χ0) is 8.53. The Hall–Kier alpha value is -0.970. The smallest absolute Gasteiger partial charge is 0.302 e. The molecule has 0 aliphatic rings. The van der Waals surface area contributed by atoms with Crippen molar-refractivity contribution in [2.45, 2.75) is 32.6 Å². The van der Waals surface area contributed by atoms with Crippen LogP contribution in [-0.2, 0) is 9.53 Å². The van der Waals surface area contributed by atoms with Crippen molar-refractivity contribution in [2.75, 3.05) is 6.61 Å². The van der Waals surface area contributed by atoms with E-state index in [-0.39, 0.29) is 5.97 Å². The van der Waals surface area contributed by atoms with Gasteiger partial charge in [-0.15, -0.1) is 12.3 Å². The van der Waals surface area contributed by atoms with Gasteiger partial charge in [0.2, 0.25) is 0 Å². The van der Waals surface area contributed by atoms with Crippen molar-refractivity contribution in [3.05, 3.63) is 0 Å². The SMILES string of the molecule is C#CCCCCCOC(C)=O. The summed E-state index contributed by atoms with van der Waals surface area (Å²) in [6, 6.07) is 0. The van der Waals surface area contributed by atoms with Crippen LogP contribution < -0.4 is 0 Å². The Morgan fingerprint density at radius 1 is 1.45 bits per heavy atom. The number of terminal acetylenes is 1. The fourth-order valence-electron chi connectivity index (χ4n) is 0.722. The fourth-order valence-corrected chi connectivity index (χ4v) is 0.722. The monoisotopic (exact) mass is 154 g/mol. The summed E-state index contributed by atoms with van der Waals surface area (Å²) in [6.07, 6.45) is 8.86. The number of unbranched alkanes of at least 4 members (excludes halogenated alkanes) is 3. The van der Waals surface area contributed by atoms with Gasteiger partial charge in [0.25, 0.3) is 0 Å². The highest BCUT2D eigenvalue weighted by Gasteiger charge is 1.91. The number of esters is 1. The lowest BCUT2D eigenvalue weighted by Gasteiger charge is -1.99. The van der Waals surface area contributed by atoms with Gasteiger partial charge in [0, 0.05) is 13.3 Å². The second-order valence-electron chi connectivity index (χ2n) is 2.35. The zero-order valence-corrected chi connectivity index (χ0v) is 6.93. The van der Waals surface area contributed by atoms with E-state index in [2.05, 4.69) is 5.92 Å². The van der Waals surface area contributed by atoms with Gasteiger partial charge < -0.3 is 4.74 Å². The largest absolute Gasteiger partial charge is 0.466 e. The van der Waals surface area contributed by atoms with Crippen molar-refractivity contribution in [3.63, 3.8) is 0 Å². The molecule has 0 heterocycles. The molecule has 0 N–H and O–H groups in total. The van der Waals surface area contributed by atoms with Gasteiger partial charge >= 0.3 is 5.97 Å².